The minimum absolute atomic E-state index is 0.0156. The third-order valence-corrected chi connectivity index (χ3v) is 4.90. The molecule has 0 aromatic heterocycles. The van der Waals surface area contributed by atoms with Crippen molar-refractivity contribution < 1.29 is 34.1 Å². The van der Waals surface area contributed by atoms with Gasteiger partial charge in [0.15, 0.2) is 12.6 Å². The number of morpholine rings is 1. The van der Waals surface area contributed by atoms with Gasteiger partial charge in [-0.1, -0.05) is 12.1 Å². The minimum atomic E-state index is -0.910. The van der Waals surface area contributed by atoms with E-state index in [1.54, 1.807) is 19.1 Å². The van der Waals surface area contributed by atoms with Gasteiger partial charge in [-0.3, -0.25) is 14.4 Å². The summed E-state index contributed by atoms with van der Waals surface area (Å²) in [5.41, 5.74) is -0.892. The number of carbonyl (C=O) groups is 3. The van der Waals surface area contributed by atoms with Gasteiger partial charge in [0.1, 0.15) is 23.9 Å². The summed E-state index contributed by atoms with van der Waals surface area (Å²) < 4.78 is 11.3. The molecule has 1 aliphatic rings. The largest absolute Gasteiger partial charge is 0.507 e. The lowest BCUT2D eigenvalue weighted by molar-refractivity contribution is -0.0619. The Balaban J connectivity index is 1.88. The van der Waals surface area contributed by atoms with Crippen molar-refractivity contribution in [3.63, 3.8) is 0 Å². The Hall–Kier alpha value is -3.39. The van der Waals surface area contributed by atoms with Gasteiger partial charge in [-0.05, 0) is 31.2 Å². The summed E-state index contributed by atoms with van der Waals surface area (Å²) in [6, 6.07) is 8.77. The number of aldehydes is 2. The van der Waals surface area contributed by atoms with E-state index in [1.807, 2.05) is 0 Å². The molecule has 8 heteroatoms. The summed E-state index contributed by atoms with van der Waals surface area (Å²) >= 11 is 0. The van der Waals surface area contributed by atoms with Crippen LogP contribution in [0.1, 0.15) is 38.0 Å². The summed E-state index contributed by atoms with van der Waals surface area (Å²) in [7, 11) is 0. The monoisotopic (exact) mass is 399 g/mol. The number of hydrogen-bond donors (Lipinski definition) is 2. The molecule has 0 radical (unpaired) electrons. The summed E-state index contributed by atoms with van der Waals surface area (Å²) in [6.45, 7) is 2.48. The molecule has 2 aromatic rings. The second-order valence-electron chi connectivity index (χ2n) is 6.96. The number of nitrogens with zero attached hydrogens (tertiary/aromatic N) is 1. The van der Waals surface area contributed by atoms with Gasteiger partial charge in [0, 0.05) is 6.54 Å². The molecule has 1 heterocycles. The summed E-state index contributed by atoms with van der Waals surface area (Å²) in [5, 5.41) is 19.7. The van der Waals surface area contributed by atoms with Crippen LogP contribution in [0.5, 0.6) is 17.2 Å². The molecule has 1 atom stereocenters. The van der Waals surface area contributed by atoms with Crippen LogP contribution in [0.2, 0.25) is 0 Å². The molecular weight excluding hydrogens is 378 g/mol. The Bertz CT molecular complexity index is 943. The van der Waals surface area contributed by atoms with Gasteiger partial charge < -0.3 is 24.6 Å². The first-order chi connectivity index (χ1) is 13.9. The molecule has 0 aliphatic carbocycles. The lowest BCUT2D eigenvalue weighted by Gasteiger charge is -2.44. The van der Waals surface area contributed by atoms with E-state index in [0.717, 1.165) is 0 Å². The lowest BCUT2D eigenvalue weighted by Crippen LogP contribution is -2.60. The van der Waals surface area contributed by atoms with Crippen LogP contribution in [-0.4, -0.2) is 65.5 Å². The highest BCUT2D eigenvalue weighted by Gasteiger charge is 2.40. The fraction of sp³-hybridized carbons (Fsp3) is 0.286. The first-order valence-corrected chi connectivity index (χ1v) is 8.98. The maximum Gasteiger partial charge on any atom is 0.255 e. The van der Waals surface area contributed by atoms with Crippen molar-refractivity contribution in [3.05, 3.63) is 53.1 Å². The number of aromatic hydroxyl groups is 2. The van der Waals surface area contributed by atoms with Crippen LogP contribution in [0.3, 0.4) is 0 Å². The summed E-state index contributed by atoms with van der Waals surface area (Å²) in [5.74, 6) is -0.729. The third kappa shape index (κ3) is 3.93. The maximum absolute atomic E-state index is 13.2. The molecule has 0 saturated carbocycles. The van der Waals surface area contributed by atoms with E-state index in [0.29, 0.717) is 19.2 Å². The Labute approximate surface area is 167 Å². The molecule has 29 heavy (non-hydrogen) atoms. The summed E-state index contributed by atoms with van der Waals surface area (Å²) in [4.78, 5) is 37.3. The highest BCUT2D eigenvalue weighted by atomic mass is 16.5. The van der Waals surface area contributed by atoms with Gasteiger partial charge in [0.2, 0.25) is 0 Å². The molecule has 1 aliphatic heterocycles. The van der Waals surface area contributed by atoms with Gasteiger partial charge in [-0.15, -0.1) is 0 Å². The van der Waals surface area contributed by atoms with Crippen molar-refractivity contribution in [1.29, 1.82) is 0 Å². The van der Waals surface area contributed by atoms with Crippen LogP contribution in [-0.2, 0) is 4.74 Å². The molecule has 152 valence electrons. The predicted octanol–water partition coefficient (Wildman–Crippen LogP) is 2.03. The zero-order chi connectivity index (χ0) is 21.0. The van der Waals surface area contributed by atoms with Crippen molar-refractivity contribution in [3.8, 4) is 17.2 Å². The van der Waals surface area contributed by atoms with Gasteiger partial charge in [0.05, 0.1) is 35.4 Å². The number of hydrogen-bond acceptors (Lipinski definition) is 7. The van der Waals surface area contributed by atoms with Crippen LogP contribution in [0.25, 0.3) is 0 Å². The molecule has 3 rings (SSSR count). The first-order valence-electron chi connectivity index (χ1n) is 8.98. The van der Waals surface area contributed by atoms with Crippen LogP contribution in [0, 0.1) is 0 Å². The van der Waals surface area contributed by atoms with E-state index in [9.17, 15) is 24.6 Å². The Morgan fingerprint density at radius 3 is 2.48 bits per heavy atom. The molecule has 2 N–H and O–H groups in total. The normalized spacial score (nSPS) is 18.9. The quantitative estimate of drug-likeness (QED) is 0.715. The van der Waals surface area contributed by atoms with Crippen LogP contribution in [0.4, 0.5) is 0 Å². The fourth-order valence-corrected chi connectivity index (χ4v) is 3.28. The Morgan fingerprint density at radius 1 is 1.14 bits per heavy atom. The zero-order valence-corrected chi connectivity index (χ0v) is 15.8. The van der Waals surface area contributed by atoms with Gasteiger partial charge >= 0.3 is 0 Å². The molecule has 1 saturated heterocycles. The number of benzene rings is 2. The van der Waals surface area contributed by atoms with Crippen LogP contribution < -0.4 is 4.74 Å². The van der Waals surface area contributed by atoms with Gasteiger partial charge in [0.25, 0.3) is 5.91 Å². The second-order valence-corrected chi connectivity index (χ2v) is 6.96. The molecule has 1 fully saturated rings. The van der Waals surface area contributed by atoms with Crippen molar-refractivity contribution in [1.82, 2.24) is 4.90 Å². The topological polar surface area (TPSA) is 113 Å². The van der Waals surface area contributed by atoms with E-state index in [4.69, 9.17) is 9.47 Å². The third-order valence-electron chi connectivity index (χ3n) is 4.90. The highest BCUT2D eigenvalue weighted by molar-refractivity contribution is 6.03. The highest BCUT2D eigenvalue weighted by Crippen LogP contribution is 2.30. The molecule has 8 nitrogen and oxygen atoms in total. The minimum Gasteiger partial charge on any atom is -0.507 e. The standard InChI is InChI=1S/C21H21NO7/c1-21(13-29-19-7-3-6-18(26)16(19)11-24)12-28-9-8-22(21)20(27)14-4-2-5-17(25)15(14)10-23/h2-7,10-11,25-26H,8-9,12-13H2,1H3. The average molecular weight is 399 g/mol. The lowest BCUT2D eigenvalue weighted by atomic mass is 9.97. The number of phenols is 2. The second kappa shape index (κ2) is 8.32. The predicted molar refractivity (Wildman–Crippen MR) is 103 cm³/mol. The smallest absolute Gasteiger partial charge is 0.255 e. The van der Waals surface area contributed by atoms with E-state index < -0.39 is 11.4 Å². The van der Waals surface area contributed by atoms with Crippen molar-refractivity contribution in [2.75, 3.05) is 26.4 Å². The van der Waals surface area contributed by atoms with Crippen molar-refractivity contribution in [2.24, 2.45) is 0 Å². The molecule has 0 spiro atoms. The van der Waals surface area contributed by atoms with Crippen molar-refractivity contribution >= 4 is 18.5 Å². The molecule has 2 aromatic carbocycles. The number of amides is 1. The van der Waals surface area contributed by atoms with E-state index in [2.05, 4.69) is 0 Å². The average Bonchev–Trinajstić information content (AvgIpc) is 2.72. The van der Waals surface area contributed by atoms with E-state index in [-0.39, 0.29) is 53.7 Å². The zero-order valence-electron chi connectivity index (χ0n) is 15.8. The number of carbonyl (C=O) groups excluding carboxylic acids is 3. The molecule has 1 unspecified atom stereocenters. The Morgan fingerprint density at radius 2 is 1.79 bits per heavy atom. The SMILES string of the molecule is CC1(COc2cccc(O)c2C=O)COCCN1C(=O)c1cccc(O)c1C=O. The fourth-order valence-electron chi connectivity index (χ4n) is 3.28. The maximum atomic E-state index is 13.2. The van der Waals surface area contributed by atoms with Crippen molar-refractivity contribution in [2.45, 2.75) is 12.5 Å². The number of ether oxygens (including phenoxy) is 2. The van der Waals surface area contributed by atoms with Crippen LogP contribution >= 0.6 is 0 Å². The van der Waals surface area contributed by atoms with Crippen LogP contribution in [0.15, 0.2) is 36.4 Å². The summed E-state index contributed by atoms with van der Waals surface area (Å²) in [6.07, 6.45) is 0.941. The number of rotatable bonds is 6. The number of phenolic OH excluding ortho intramolecular Hbond substituents is 2. The first kappa shape index (κ1) is 20.3. The van der Waals surface area contributed by atoms with E-state index in [1.165, 1.54) is 29.2 Å². The molecular formula is C21H21NO7. The van der Waals surface area contributed by atoms with Gasteiger partial charge in [-0.2, -0.15) is 0 Å². The Kier molecular flexibility index (Phi) is 5.84. The molecule has 0 bridgehead atoms. The molecule has 1 amide bonds. The van der Waals surface area contributed by atoms with E-state index >= 15 is 0 Å². The van der Waals surface area contributed by atoms with Gasteiger partial charge in [-0.25, -0.2) is 0 Å².